The summed E-state index contributed by atoms with van der Waals surface area (Å²) in [6.07, 6.45) is 2.84. The summed E-state index contributed by atoms with van der Waals surface area (Å²) in [7, 11) is 1.97. The van der Waals surface area contributed by atoms with E-state index in [9.17, 15) is 0 Å². The molecule has 21 heavy (non-hydrogen) atoms. The quantitative estimate of drug-likeness (QED) is 0.781. The summed E-state index contributed by atoms with van der Waals surface area (Å²) in [4.78, 5) is 0. The molecule has 0 amide bonds. The molecule has 0 aliphatic carbocycles. The molecule has 0 aliphatic rings. The standard InChI is InChI=1S/C17H21N3O/c1-4-16-15(14-7-5-6-8-17(14)21-16)11-18-9-13-10-19-20(3)12(13)2/h5-8,10,18H,4,9,11H2,1-3H3. The molecule has 4 heteroatoms. The lowest BCUT2D eigenvalue weighted by Gasteiger charge is -2.05. The van der Waals surface area contributed by atoms with Gasteiger partial charge in [-0.05, 0) is 13.0 Å². The average molecular weight is 283 g/mol. The van der Waals surface area contributed by atoms with Crippen LogP contribution < -0.4 is 5.32 Å². The van der Waals surface area contributed by atoms with Gasteiger partial charge in [-0.3, -0.25) is 4.68 Å². The Balaban J connectivity index is 1.77. The predicted octanol–water partition coefficient (Wildman–Crippen LogP) is 3.33. The van der Waals surface area contributed by atoms with Gasteiger partial charge in [-0.2, -0.15) is 5.10 Å². The number of nitrogens with zero attached hydrogens (tertiary/aromatic N) is 2. The fourth-order valence-corrected chi connectivity index (χ4v) is 2.67. The third-order valence-corrected chi connectivity index (χ3v) is 4.06. The van der Waals surface area contributed by atoms with E-state index >= 15 is 0 Å². The Morgan fingerprint density at radius 1 is 1.24 bits per heavy atom. The smallest absolute Gasteiger partial charge is 0.134 e. The molecule has 0 atom stereocenters. The second-order valence-electron chi connectivity index (χ2n) is 5.34. The van der Waals surface area contributed by atoms with E-state index in [0.29, 0.717) is 0 Å². The second-order valence-corrected chi connectivity index (χ2v) is 5.34. The summed E-state index contributed by atoms with van der Waals surface area (Å²) in [5.41, 5.74) is 4.69. The highest BCUT2D eigenvalue weighted by Gasteiger charge is 2.12. The van der Waals surface area contributed by atoms with Crippen LogP contribution in [0.5, 0.6) is 0 Å². The number of rotatable bonds is 5. The molecule has 0 unspecified atom stereocenters. The highest BCUT2D eigenvalue weighted by Crippen LogP contribution is 2.26. The van der Waals surface area contributed by atoms with Gasteiger partial charge >= 0.3 is 0 Å². The number of furan rings is 1. The Kier molecular flexibility index (Phi) is 3.80. The molecule has 0 aliphatic heterocycles. The van der Waals surface area contributed by atoms with Crippen LogP contribution in [0.25, 0.3) is 11.0 Å². The monoisotopic (exact) mass is 283 g/mol. The van der Waals surface area contributed by atoms with Crippen molar-refractivity contribution in [2.24, 2.45) is 7.05 Å². The maximum Gasteiger partial charge on any atom is 0.134 e. The van der Waals surface area contributed by atoms with Gasteiger partial charge in [-0.15, -0.1) is 0 Å². The normalized spacial score (nSPS) is 11.4. The van der Waals surface area contributed by atoms with Gasteiger partial charge in [0.25, 0.3) is 0 Å². The van der Waals surface area contributed by atoms with Crippen molar-refractivity contribution in [3.8, 4) is 0 Å². The van der Waals surface area contributed by atoms with E-state index < -0.39 is 0 Å². The summed E-state index contributed by atoms with van der Waals surface area (Å²) >= 11 is 0. The zero-order chi connectivity index (χ0) is 14.8. The fourth-order valence-electron chi connectivity index (χ4n) is 2.67. The Morgan fingerprint density at radius 2 is 2.05 bits per heavy atom. The van der Waals surface area contributed by atoms with Crippen LogP contribution in [-0.2, 0) is 26.6 Å². The number of aryl methyl sites for hydroxylation is 2. The maximum absolute atomic E-state index is 5.92. The van der Waals surface area contributed by atoms with Gasteiger partial charge in [-0.25, -0.2) is 0 Å². The van der Waals surface area contributed by atoms with Gasteiger partial charge in [0, 0.05) is 48.8 Å². The maximum atomic E-state index is 5.92. The molecule has 2 heterocycles. The van der Waals surface area contributed by atoms with E-state index in [4.69, 9.17) is 4.42 Å². The molecule has 4 nitrogen and oxygen atoms in total. The van der Waals surface area contributed by atoms with Crippen LogP contribution in [0.3, 0.4) is 0 Å². The van der Waals surface area contributed by atoms with E-state index in [0.717, 1.165) is 30.9 Å². The van der Waals surface area contributed by atoms with Crippen LogP contribution in [0.4, 0.5) is 0 Å². The van der Waals surface area contributed by atoms with E-state index in [2.05, 4.69) is 36.4 Å². The number of fused-ring (bicyclic) bond motifs is 1. The van der Waals surface area contributed by atoms with Crippen molar-refractivity contribution in [3.05, 3.63) is 53.0 Å². The highest BCUT2D eigenvalue weighted by atomic mass is 16.3. The van der Waals surface area contributed by atoms with Gasteiger partial charge in [0.2, 0.25) is 0 Å². The van der Waals surface area contributed by atoms with E-state index in [1.807, 2.05) is 30.1 Å². The molecule has 1 N–H and O–H groups in total. The van der Waals surface area contributed by atoms with Crippen molar-refractivity contribution in [2.75, 3.05) is 0 Å². The SMILES string of the molecule is CCc1oc2ccccc2c1CNCc1cnn(C)c1C. The third kappa shape index (κ3) is 2.59. The van der Waals surface area contributed by atoms with E-state index in [-0.39, 0.29) is 0 Å². The Labute approximate surface area is 124 Å². The van der Waals surface area contributed by atoms with Gasteiger partial charge in [-0.1, -0.05) is 25.1 Å². The molecule has 0 radical (unpaired) electrons. The number of aromatic nitrogens is 2. The zero-order valence-corrected chi connectivity index (χ0v) is 12.8. The van der Waals surface area contributed by atoms with E-state index in [1.54, 1.807) is 0 Å². The molecule has 3 rings (SSSR count). The largest absolute Gasteiger partial charge is 0.461 e. The first-order valence-corrected chi connectivity index (χ1v) is 7.38. The summed E-state index contributed by atoms with van der Waals surface area (Å²) in [5.74, 6) is 1.08. The Hall–Kier alpha value is -2.07. The summed E-state index contributed by atoms with van der Waals surface area (Å²) in [6.45, 7) is 5.86. The van der Waals surface area contributed by atoms with Gasteiger partial charge in [0.1, 0.15) is 11.3 Å². The summed E-state index contributed by atoms with van der Waals surface area (Å²) < 4.78 is 7.83. The van der Waals surface area contributed by atoms with Crippen LogP contribution in [0.1, 0.15) is 29.5 Å². The predicted molar refractivity (Wildman–Crippen MR) is 84.1 cm³/mol. The fraction of sp³-hybridized carbons (Fsp3) is 0.353. The van der Waals surface area contributed by atoms with Crippen LogP contribution in [-0.4, -0.2) is 9.78 Å². The van der Waals surface area contributed by atoms with Crippen molar-refractivity contribution in [1.29, 1.82) is 0 Å². The first-order valence-electron chi connectivity index (χ1n) is 7.38. The van der Waals surface area contributed by atoms with Gasteiger partial charge in [0.05, 0.1) is 6.20 Å². The lowest BCUT2D eigenvalue weighted by Crippen LogP contribution is -2.14. The molecule has 0 saturated carbocycles. The number of para-hydroxylation sites is 1. The lowest BCUT2D eigenvalue weighted by molar-refractivity contribution is 0.544. The molecule has 1 aromatic carbocycles. The molecule has 0 bridgehead atoms. The number of nitrogens with one attached hydrogen (secondary N) is 1. The van der Waals surface area contributed by atoms with Gasteiger partial charge < -0.3 is 9.73 Å². The van der Waals surface area contributed by atoms with Crippen LogP contribution in [0, 0.1) is 6.92 Å². The van der Waals surface area contributed by atoms with E-state index in [1.165, 1.54) is 22.2 Å². The number of hydrogen-bond acceptors (Lipinski definition) is 3. The van der Waals surface area contributed by atoms with Gasteiger partial charge in [0.15, 0.2) is 0 Å². The molecular weight excluding hydrogens is 262 g/mol. The molecule has 0 saturated heterocycles. The third-order valence-electron chi connectivity index (χ3n) is 4.06. The first kappa shape index (κ1) is 13.9. The van der Waals surface area contributed by atoms with Crippen molar-refractivity contribution in [3.63, 3.8) is 0 Å². The first-order chi connectivity index (χ1) is 10.2. The number of benzene rings is 1. The van der Waals surface area contributed by atoms with Crippen LogP contribution in [0.2, 0.25) is 0 Å². The minimum absolute atomic E-state index is 0.814. The van der Waals surface area contributed by atoms with Crippen molar-refractivity contribution in [2.45, 2.75) is 33.4 Å². The van der Waals surface area contributed by atoms with Crippen LogP contribution in [0.15, 0.2) is 34.9 Å². The number of hydrogen-bond donors (Lipinski definition) is 1. The molecule has 2 aromatic heterocycles. The van der Waals surface area contributed by atoms with Crippen molar-refractivity contribution < 1.29 is 4.42 Å². The van der Waals surface area contributed by atoms with Crippen molar-refractivity contribution in [1.82, 2.24) is 15.1 Å². The summed E-state index contributed by atoms with van der Waals surface area (Å²) in [6, 6.07) is 8.24. The average Bonchev–Trinajstić information content (AvgIpc) is 3.02. The Morgan fingerprint density at radius 3 is 2.76 bits per heavy atom. The summed E-state index contributed by atoms with van der Waals surface area (Å²) in [5, 5.41) is 9.00. The lowest BCUT2D eigenvalue weighted by atomic mass is 10.1. The Bertz CT molecular complexity index is 755. The molecule has 0 spiro atoms. The second kappa shape index (κ2) is 5.74. The minimum Gasteiger partial charge on any atom is -0.461 e. The molecule has 110 valence electrons. The molecular formula is C17H21N3O. The minimum atomic E-state index is 0.814. The molecule has 3 aromatic rings. The van der Waals surface area contributed by atoms with Crippen molar-refractivity contribution >= 4 is 11.0 Å². The topological polar surface area (TPSA) is 43.0 Å². The zero-order valence-electron chi connectivity index (χ0n) is 12.8. The molecule has 0 fully saturated rings. The van der Waals surface area contributed by atoms with Crippen LogP contribution >= 0.6 is 0 Å². The highest BCUT2D eigenvalue weighted by molar-refractivity contribution is 5.82.